The largest absolute Gasteiger partial charge is 0.390 e. The zero-order valence-corrected chi connectivity index (χ0v) is 44.5. The van der Waals surface area contributed by atoms with Crippen LogP contribution in [0.1, 0.15) is 0 Å². The maximum atomic E-state index is 5.11. The van der Waals surface area contributed by atoms with Gasteiger partial charge in [-0.2, -0.15) is 8.80 Å². The molecule has 0 N–H and O–H groups in total. The van der Waals surface area contributed by atoms with E-state index in [1.165, 1.54) is 0 Å². The van der Waals surface area contributed by atoms with E-state index in [-0.39, 0.29) is 0 Å². The van der Waals surface area contributed by atoms with Gasteiger partial charge in [0, 0.05) is 53.7 Å². The van der Waals surface area contributed by atoms with E-state index in [9.17, 15) is 0 Å². The highest BCUT2D eigenvalue weighted by atomic mass is 15.4. The van der Waals surface area contributed by atoms with Gasteiger partial charge in [-0.05, 0) is 41.5 Å². The van der Waals surface area contributed by atoms with Crippen molar-refractivity contribution in [3.63, 3.8) is 0 Å². The van der Waals surface area contributed by atoms with Crippen LogP contribution in [0.5, 0.6) is 0 Å². The first-order valence-corrected chi connectivity index (χ1v) is 26.2. The predicted molar refractivity (Wildman–Crippen MR) is 317 cm³/mol. The van der Waals surface area contributed by atoms with Gasteiger partial charge in [0.15, 0.2) is 11.0 Å². The number of aromatic nitrogens is 12. The molecule has 0 saturated heterocycles. The maximum Gasteiger partial charge on any atom is 0.390 e. The number of benzene rings is 6. The minimum atomic E-state index is 0.522. The highest BCUT2D eigenvalue weighted by Crippen LogP contribution is 2.33. The van der Waals surface area contributed by atoms with Crippen LogP contribution in [0.25, 0.3) is 101 Å². The first-order valence-electron chi connectivity index (χ1n) is 26.2. The molecular weight excluding hydrogens is 989 g/mol. The van der Waals surface area contributed by atoms with Crippen molar-refractivity contribution in [3.05, 3.63) is 255 Å². The Kier molecular flexibility index (Phi) is 14.0. The standard InChI is InChI=1S/2C23H20N5.C20H14N4/c1-26(2)23-27-16-10-9-15-19(27)22-25-24-20(17-11-5-3-6-12-17)21(28(22)23)18-13-7-4-8-14-18;1-26(2)23-27-16-10-9-15-19(27)22-24-20(17-11-5-3-6-12-17)21(25-28(22)23)18-13-7-4-8-14-18;1-3-9-15(10-4-1)18-19(16-11-5-2-6-12-16)23-24-20(22-18)17-13-7-8-14-21-17/h2*3-16H,1-2H3;1-14H/q2*+1;. The van der Waals surface area contributed by atoms with Crippen LogP contribution >= 0.6 is 0 Å². The summed E-state index contributed by atoms with van der Waals surface area (Å²) in [6, 6.07) is 79.1. The first kappa shape index (κ1) is 50.0. The van der Waals surface area contributed by atoms with Gasteiger partial charge in [0.1, 0.15) is 39.9 Å². The van der Waals surface area contributed by atoms with Gasteiger partial charge < -0.3 is 0 Å². The number of anilines is 2. The minimum absolute atomic E-state index is 0.522. The Balaban J connectivity index is 0.000000120. The average molecular weight is 1040 g/mol. The molecule has 0 atom stereocenters. The second kappa shape index (κ2) is 22.4. The van der Waals surface area contributed by atoms with E-state index in [1.54, 1.807) is 6.20 Å². The van der Waals surface area contributed by atoms with Gasteiger partial charge in [-0.1, -0.05) is 210 Å². The maximum absolute atomic E-state index is 5.11. The first-order chi connectivity index (χ1) is 39.4. The molecule has 0 aliphatic carbocycles. The van der Waals surface area contributed by atoms with Crippen LogP contribution in [0.15, 0.2) is 255 Å². The van der Waals surface area contributed by atoms with Gasteiger partial charge in [0.05, 0.1) is 26.5 Å². The Hall–Kier alpha value is -10.9. The van der Waals surface area contributed by atoms with Gasteiger partial charge in [-0.15, -0.1) is 15.3 Å². The molecule has 0 aliphatic heterocycles. The number of hydrogen-bond acceptors (Lipinski definition) is 10. The Morgan fingerprint density at radius 1 is 0.400 bits per heavy atom. The Labute approximate surface area is 462 Å². The van der Waals surface area contributed by atoms with Crippen LogP contribution in [0.4, 0.5) is 11.9 Å². The lowest BCUT2D eigenvalue weighted by atomic mass is 10.0. The van der Waals surface area contributed by atoms with Crippen molar-refractivity contribution in [2.45, 2.75) is 0 Å². The summed E-state index contributed by atoms with van der Waals surface area (Å²) in [5.41, 5.74) is 15.9. The van der Waals surface area contributed by atoms with E-state index in [0.29, 0.717) is 11.5 Å². The van der Waals surface area contributed by atoms with E-state index in [0.717, 1.165) is 102 Å². The topological polar surface area (TPSA) is 127 Å². The van der Waals surface area contributed by atoms with E-state index in [1.807, 2.05) is 189 Å². The normalized spacial score (nSPS) is 11.0. The van der Waals surface area contributed by atoms with Crippen molar-refractivity contribution >= 4 is 34.2 Å². The summed E-state index contributed by atoms with van der Waals surface area (Å²) in [5, 5.41) is 23.1. The number of fused-ring (bicyclic) bond motifs is 6. The molecule has 80 heavy (non-hydrogen) atoms. The van der Waals surface area contributed by atoms with Crippen molar-refractivity contribution in [3.8, 4) is 79.1 Å². The molecule has 0 radical (unpaired) electrons. The smallest absolute Gasteiger partial charge is 0.288 e. The summed E-state index contributed by atoms with van der Waals surface area (Å²) in [4.78, 5) is 18.4. The monoisotopic (exact) mass is 1040 g/mol. The second-order valence-corrected chi connectivity index (χ2v) is 19.1. The van der Waals surface area contributed by atoms with Gasteiger partial charge in [-0.25, -0.2) is 14.4 Å². The fourth-order valence-corrected chi connectivity index (χ4v) is 9.85. The highest BCUT2D eigenvalue weighted by Gasteiger charge is 2.29. The highest BCUT2D eigenvalue weighted by molar-refractivity contribution is 5.83. The molecule has 0 bridgehead atoms. The molecule has 14 rings (SSSR count). The average Bonchev–Trinajstić information content (AvgIpc) is 4.13. The summed E-state index contributed by atoms with van der Waals surface area (Å²) >= 11 is 0. The Morgan fingerprint density at radius 3 is 1.45 bits per heavy atom. The molecule has 0 fully saturated rings. The third-order valence-electron chi connectivity index (χ3n) is 13.4. The molecular formula is C66H54N14+2. The fraction of sp³-hybridized carbons (Fsp3) is 0.0606. The number of pyridine rings is 3. The van der Waals surface area contributed by atoms with Gasteiger partial charge in [0.2, 0.25) is 5.82 Å². The van der Waals surface area contributed by atoms with Crippen LogP contribution < -0.4 is 18.6 Å². The zero-order valence-electron chi connectivity index (χ0n) is 44.5. The zero-order chi connectivity index (χ0) is 54.4. The molecule has 0 saturated carbocycles. The third-order valence-corrected chi connectivity index (χ3v) is 13.4. The summed E-state index contributed by atoms with van der Waals surface area (Å²) in [5.74, 6) is 2.50. The summed E-state index contributed by atoms with van der Waals surface area (Å²) < 4.78 is 8.42. The SMILES string of the molecule is CN(C)c1n2ccccc2c2nnc(-c3ccccc3)c(-c3ccccc3)[n+]12.CN(C)c1n2nc(-c3ccccc3)c(-c3ccccc3)nc2c2cccc[n+]12.c1ccc(-c2nnc(-c3ccccn3)nc2-c2ccccc2)cc1. The van der Waals surface area contributed by atoms with Crippen LogP contribution in [0, 0.1) is 0 Å². The minimum Gasteiger partial charge on any atom is -0.288 e. The van der Waals surface area contributed by atoms with E-state index >= 15 is 0 Å². The molecule has 8 aromatic heterocycles. The molecule has 14 heteroatoms. The van der Waals surface area contributed by atoms with Gasteiger partial charge in [-0.3, -0.25) is 14.8 Å². The van der Waals surface area contributed by atoms with Crippen LogP contribution in [-0.4, -0.2) is 77.6 Å². The van der Waals surface area contributed by atoms with Crippen LogP contribution in [0.2, 0.25) is 0 Å². The predicted octanol–water partition coefficient (Wildman–Crippen LogP) is 12.0. The number of nitrogens with zero attached hydrogens (tertiary/aromatic N) is 14. The third kappa shape index (κ3) is 9.80. The van der Waals surface area contributed by atoms with Crippen molar-refractivity contribution in [1.82, 2.24) is 49.4 Å². The summed E-state index contributed by atoms with van der Waals surface area (Å²) in [6.45, 7) is 0. The fourth-order valence-electron chi connectivity index (χ4n) is 9.85. The second-order valence-electron chi connectivity index (χ2n) is 19.1. The lowest BCUT2D eigenvalue weighted by molar-refractivity contribution is -0.497. The van der Waals surface area contributed by atoms with Gasteiger partial charge in [0.25, 0.3) is 11.3 Å². The molecule has 0 amide bonds. The molecule has 0 unspecified atom stereocenters. The van der Waals surface area contributed by atoms with Crippen LogP contribution in [-0.2, 0) is 0 Å². The number of rotatable bonds is 9. The lowest BCUT2D eigenvalue weighted by Crippen LogP contribution is -2.33. The Morgan fingerprint density at radius 2 is 0.887 bits per heavy atom. The van der Waals surface area contributed by atoms with Gasteiger partial charge >= 0.3 is 11.9 Å². The van der Waals surface area contributed by atoms with Crippen molar-refractivity contribution < 1.29 is 8.80 Å². The molecule has 0 spiro atoms. The quantitative estimate of drug-likeness (QED) is 0.129. The molecule has 386 valence electrons. The van der Waals surface area contributed by atoms with E-state index in [4.69, 9.17) is 15.1 Å². The summed E-state index contributed by atoms with van der Waals surface area (Å²) in [7, 11) is 8.16. The summed E-state index contributed by atoms with van der Waals surface area (Å²) in [6.07, 6.45) is 5.84. The van der Waals surface area contributed by atoms with Crippen molar-refractivity contribution in [2.75, 3.05) is 38.0 Å². The number of hydrogen-bond donors (Lipinski definition) is 0. The van der Waals surface area contributed by atoms with Crippen LogP contribution in [0.3, 0.4) is 0 Å². The molecule has 14 aromatic rings. The molecule has 14 nitrogen and oxygen atoms in total. The molecule has 8 heterocycles. The molecule has 6 aromatic carbocycles. The Bertz CT molecular complexity index is 4340. The van der Waals surface area contributed by atoms with Crippen molar-refractivity contribution in [1.29, 1.82) is 0 Å². The number of imidazole rings is 2. The van der Waals surface area contributed by atoms with E-state index in [2.05, 4.69) is 141 Å². The van der Waals surface area contributed by atoms with Crippen molar-refractivity contribution in [2.24, 2.45) is 0 Å². The van der Waals surface area contributed by atoms with E-state index < -0.39 is 0 Å². The lowest BCUT2D eigenvalue weighted by Gasteiger charge is -2.12. The molecule has 0 aliphatic rings.